The zero-order valence-corrected chi connectivity index (χ0v) is 14.8. The van der Waals surface area contributed by atoms with E-state index in [1.165, 1.54) is 15.6 Å². The molecule has 0 atom stereocenters. The summed E-state index contributed by atoms with van der Waals surface area (Å²) in [7, 11) is -1.71. The normalized spacial score (nSPS) is 15.1. The summed E-state index contributed by atoms with van der Waals surface area (Å²) in [6.45, 7) is 2.48. The Bertz CT molecular complexity index is 988. The van der Waals surface area contributed by atoms with Gasteiger partial charge in [-0.05, 0) is 11.4 Å². The van der Waals surface area contributed by atoms with E-state index in [-0.39, 0.29) is 13.1 Å². The first-order chi connectivity index (χ1) is 11.5. The van der Waals surface area contributed by atoms with Crippen LogP contribution in [0, 0.1) is 0 Å². The summed E-state index contributed by atoms with van der Waals surface area (Å²) in [6, 6.07) is 3.35. The lowest BCUT2D eigenvalue weighted by molar-refractivity contribution is 0.413. The Hall–Kier alpha value is -2.04. The molecule has 0 aromatic carbocycles. The van der Waals surface area contributed by atoms with Crippen molar-refractivity contribution in [3.63, 3.8) is 0 Å². The van der Waals surface area contributed by atoms with Gasteiger partial charge in [-0.3, -0.25) is 4.68 Å². The number of nitrogens with zero attached hydrogens (tertiary/aromatic N) is 5. The average molecular weight is 365 g/mol. The van der Waals surface area contributed by atoms with E-state index in [0.717, 1.165) is 11.3 Å². The summed E-state index contributed by atoms with van der Waals surface area (Å²) >= 11 is 1.22. The molecule has 0 saturated heterocycles. The summed E-state index contributed by atoms with van der Waals surface area (Å²) < 4.78 is 34.2. The van der Waals surface area contributed by atoms with Gasteiger partial charge in [0, 0.05) is 25.6 Å². The highest BCUT2D eigenvalue weighted by Crippen LogP contribution is 2.35. The maximum Gasteiger partial charge on any atom is 0.278 e. The van der Waals surface area contributed by atoms with Gasteiger partial charge in [0.25, 0.3) is 15.9 Å². The number of fused-ring (bicyclic) bond motifs is 1. The quantitative estimate of drug-likeness (QED) is 0.700. The minimum absolute atomic E-state index is 0.253. The van der Waals surface area contributed by atoms with E-state index in [0.29, 0.717) is 28.0 Å². The third-order valence-electron chi connectivity index (χ3n) is 4.01. The van der Waals surface area contributed by atoms with Crippen LogP contribution in [-0.4, -0.2) is 32.6 Å². The van der Waals surface area contributed by atoms with Gasteiger partial charge in [-0.25, -0.2) is 8.42 Å². The number of thiophene rings is 1. The Morgan fingerprint density at radius 2 is 2.21 bits per heavy atom. The molecule has 10 heteroatoms. The minimum Gasteiger partial charge on any atom is -0.332 e. The molecule has 126 valence electrons. The van der Waals surface area contributed by atoms with Crippen molar-refractivity contribution in [1.29, 1.82) is 0 Å². The summed E-state index contributed by atoms with van der Waals surface area (Å²) in [5.74, 6) is 0.935. The van der Waals surface area contributed by atoms with Crippen molar-refractivity contribution in [2.45, 2.75) is 30.6 Å². The van der Waals surface area contributed by atoms with E-state index in [4.69, 9.17) is 4.52 Å². The lowest BCUT2D eigenvalue weighted by Gasteiger charge is -2.14. The molecule has 0 N–H and O–H groups in total. The SMILES string of the molecule is CCc1noc(-c2nn(C)c3c2CN(S(=O)(=O)c2cccs2)C3)n1. The van der Waals surface area contributed by atoms with Gasteiger partial charge in [-0.1, -0.05) is 18.1 Å². The van der Waals surface area contributed by atoms with E-state index in [9.17, 15) is 8.42 Å². The van der Waals surface area contributed by atoms with Crippen LogP contribution >= 0.6 is 11.3 Å². The maximum atomic E-state index is 12.7. The van der Waals surface area contributed by atoms with Crippen molar-refractivity contribution >= 4 is 21.4 Å². The van der Waals surface area contributed by atoms with Crippen molar-refractivity contribution in [1.82, 2.24) is 24.2 Å². The number of hydrogen-bond donors (Lipinski definition) is 0. The summed E-state index contributed by atoms with van der Waals surface area (Å²) in [4.78, 5) is 4.31. The van der Waals surface area contributed by atoms with Gasteiger partial charge < -0.3 is 4.52 Å². The molecule has 0 fully saturated rings. The third-order valence-corrected chi connectivity index (χ3v) is 7.18. The Kier molecular flexibility index (Phi) is 3.55. The second kappa shape index (κ2) is 5.50. The lowest BCUT2D eigenvalue weighted by Crippen LogP contribution is -2.25. The second-order valence-corrected chi connectivity index (χ2v) is 8.58. The summed E-state index contributed by atoms with van der Waals surface area (Å²) in [5.41, 5.74) is 2.23. The first-order valence-corrected chi connectivity index (χ1v) is 9.74. The zero-order valence-electron chi connectivity index (χ0n) is 13.1. The molecule has 4 rings (SSSR count). The largest absolute Gasteiger partial charge is 0.332 e. The fourth-order valence-corrected chi connectivity index (χ4v) is 5.25. The molecule has 4 heterocycles. The van der Waals surface area contributed by atoms with E-state index >= 15 is 0 Å². The van der Waals surface area contributed by atoms with Crippen LogP contribution in [0.3, 0.4) is 0 Å². The van der Waals surface area contributed by atoms with Crippen molar-refractivity contribution in [3.8, 4) is 11.6 Å². The van der Waals surface area contributed by atoms with Crippen LogP contribution in [0.25, 0.3) is 11.6 Å². The Morgan fingerprint density at radius 3 is 2.88 bits per heavy atom. The highest BCUT2D eigenvalue weighted by molar-refractivity contribution is 7.91. The molecule has 24 heavy (non-hydrogen) atoms. The lowest BCUT2D eigenvalue weighted by atomic mass is 10.2. The first kappa shape index (κ1) is 15.5. The number of hydrogen-bond acceptors (Lipinski definition) is 7. The molecule has 0 amide bonds. The fraction of sp³-hybridized carbons (Fsp3) is 0.357. The molecule has 0 unspecified atom stereocenters. The van der Waals surface area contributed by atoms with Crippen molar-refractivity contribution in [2.75, 3.05) is 0 Å². The number of rotatable bonds is 4. The Balaban J connectivity index is 1.71. The average Bonchev–Trinajstić information content (AvgIpc) is 3.33. The highest BCUT2D eigenvalue weighted by atomic mass is 32.2. The van der Waals surface area contributed by atoms with Crippen molar-refractivity contribution in [3.05, 3.63) is 34.6 Å². The number of sulfonamides is 1. The highest BCUT2D eigenvalue weighted by Gasteiger charge is 2.36. The van der Waals surface area contributed by atoms with Crippen LogP contribution in [-0.2, 0) is 36.6 Å². The molecular weight excluding hydrogens is 350 g/mol. The fourth-order valence-electron chi connectivity index (χ4n) is 2.74. The molecule has 0 aliphatic carbocycles. The molecule has 8 nitrogen and oxygen atoms in total. The van der Waals surface area contributed by atoms with Gasteiger partial charge in [-0.15, -0.1) is 11.3 Å². The summed E-state index contributed by atoms with van der Waals surface area (Å²) in [5, 5.41) is 10.1. The molecular formula is C14H15N5O3S2. The molecule has 3 aromatic heterocycles. The minimum atomic E-state index is -3.50. The molecule has 0 saturated carbocycles. The van der Waals surface area contributed by atoms with Crippen molar-refractivity contribution < 1.29 is 12.9 Å². The molecule has 0 spiro atoms. The first-order valence-electron chi connectivity index (χ1n) is 7.42. The van der Waals surface area contributed by atoms with Gasteiger partial charge in [0.1, 0.15) is 4.21 Å². The van der Waals surface area contributed by atoms with E-state index in [2.05, 4.69) is 15.2 Å². The molecule has 1 aliphatic heterocycles. The van der Waals surface area contributed by atoms with E-state index in [1.54, 1.807) is 29.2 Å². The Morgan fingerprint density at radius 1 is 1.38 bits per heavy atom. The zero-order chi connectivity index (χ0) is 16.9. The second-order valence-electron chi connectivity index (χ2n) is 5.47. The van der Waals surface area contributed by atoms with Crippen LogP contribution < -0.4 is 0 Å². The molecule has 3 aromatic rings. The monoisotopic (exact) mass is 365 g/mol. The third kappa shape index (κ3) is 2.29. The predicted octanol–water partition coefficient (Wildman–Crippen LogP) is 1.80. The molecule has 0 bridgehead atoms. The van der Waals surface area contributed by atoms with Gasteiger partial charge in [-0.2, -0.15) is 14.4 Å². The van der Waals surface area contributed by atoms with Crippen LogP contribution in [0.4, 0.5) is 0 Å². The summed E-state index contributed by atoms with van der Waals surface area (Å²) in [6.07, 6.45) is 0.664. The topological polar surface area (TPSA) is 94.1 Å². The van der Waals surface area contributed by atoms with Crippen LogP contribution in [0.5, 0.6) is 0 Å². The van der Waals surface area contributed by atoms with Crippen LogP contribution in [0.1, 0.15) is 24.0 Å². The molecule has 1 aliphatic rings. The van der Waals surface area contributed by atoms with Gasteiger partial charge in [0.2, 0.25) is 0 Å². The van der Waals surface area contributed by atoms with E-state index in [1.807, 2.05) is 6.92 Å². The van der Waals surface area contributed by atoms with Crippen molar-refractivity contribution in [2.24, 2.45) is 7.05 Å². The standard InChI is InChI=1S/C14H15N5O3S2/c1-3-11-15-14(22-17-11)13-9-7-19(8-10(9)18(2)16-13)24(20,21)12-5-4-6-23-12/h4-6H,3,7-8H2,1-2H3. The van der Waals surface area contributed by atoms with Crippen LogP contribution in [0.2, 0.25) is 0 Å². The predicted molar refractivity (Wildman–Crippen MR) is 86.6 cm³/mol. The maximum absolute atomic E-state index is 12.7. The number of aryl methyl sites for hydroxylation is 2. The smallest absolute Gasteiger partial charge is 0.278 e. The van der Waals surface area contributed by atoms with E-state index < -0.39 is 10.0 Å². The Labute approximate surface area is 142 Å². The molecule has 0 radical (unpaired) electrons. The van der Waals surface area contributed by atoms with Gasteiger partial charge >= 0.3 is 0 Å². The van der Waals surface area contributed by atoms with Gasteiger partial charge in [0.05, 0.1) is 12.2 Å². The number of aromatic nitrogens is 4. The van der Waals surface area contributed by atoms with Crippen LogP contribution in [0.15, 0.2) is 26.2 Å². The van der Waals surface area contributed by atoms with Gasteiger partial charge in [0.15, 0.2) is 11.5 Å².